The van der Waals surface area contributed by atoms with Gasteiger partial charge in [-0.2, -0.15) is 0 Å². The quantitative estimate of drug-likeness (QED) is 0.657. The molecule has 23 heavy (non-hydrogen) atoms. The Morgan fingerprint density at radius 2 is 1.78 bits per heavy atom. The van der Waals surface area contributed by atoms with E-state index in [1.807, 2.05) is 18.8 Å². The Morgan fingerprint density at radius 3 is 2.61 bits per heavy atom. The summed E-state index contributed by atoms with van der Waals surface area (Å²) in [6.07, 6.45) is 2.29. The van der Waals surface area contributed by atoms with E-state index in [-0.39, 0.29) is 0 Å². The first-order chi connectivity index (χ1) is 11.2. The lowest BCUT2D eigenvalue weighted by Crippen LogP contribution is -2.08. The van der Waals surface area contributed by atoms with E-state index < -0.39 is 0 Å². The summed E-state index contributed by atoms with van der Waals surface area (Å²) in [5.41, 5.74) is 4.08. The molecule has 0 spiro atoms. The van der Waals surface area contributed by atoms with Crippen molar-refractivity contribution in [3.63, 3.8) is 0 Å². The molecule has 0 unspecified atom stereocenters. The van der Waals surface area contributed by atoms with E-state index >= 15 is 0 Å². The van der Waals surface area contributed by atoms with Crippen LogP contribution < -0.4 is 5.32 Å². The summed E-state index contributed by atoms with van der Waals surface area (Å²) in [6, 6.07) is 17.5. The minimum absolute atomic E-state index is 1.06. The first-order valence-corrected chi connectivity index (χ1v) is 8.98. The lowest BCUT2D eigenvalue weighted by Gasteiger charge is -2.09. The van der Waals surface area contributed by atoms with Crippen LogP contribution in [0.3, 0.4) is 0 Å². The minimum Gasteiger partial charge on any atom is -0.347 e. The monoisotopic (exact) mass is 324 g/mol. The van der Waals surface area contributed by atoms with Crippen LogP contribution in [0.1, 0.15) is 17.7 Å². The first-order valence-electron chi connectivity index (χ1n) is 8.16. The molecular formula is C20H24N2S. The van der Waals surface area contributed by atoms with Crippen LogP contribution in [-0.4, -0.2) is 18.2 Å². The highest BCUT2D eigenvalue weighted by Crippen LogP contribution is 2.39. The summed E-state index contributed by atoms with van der Waals surface area (Å²) in [4.78, 5) is 2.76. The van der Waals surface area contributed by atoms with Crippen molar-refractivity contribution in [3.05, 3.63) is 59.8 Å². The third kappa shape index (κ3) is 3.31. The van der Waals surface area contributed by atoms with Gasteiger partial charge in [-0.1, -0.05) is 48.2 Å². The van der Waals surface area contributed by atoms with Gasteiger partial charge in [-0.05, 0) is 51.1 Å². The normalized spacial score (nSPS) is 11.3. The number of benzene rings is 2. The van der Waals surface area contributed by atoms with Crippen molar-refractivity contribution in [2.45, 2.75) is 29.6 Å². The fraction of sp³-hybridized carbons (Fsp3) is 0.300. The van der Waals surface area contributed by atoms with E-state index in [0.717, 1.165) is 13.0 Å². The molecule has 3 aromatic rings. The van der Waals surface area contributed by atoms with E-state index in [0.29, 0.717) is 0 Å². The molecule has 0 saturated carbocycles. The van der Waals surface area contributed by atoms with E-state index in [1.54, 1.807) is 0 Å². The van der Waals surface area contributed by atoms with Gasteiger partial charge in [0, 0.05) is 33.4 Å². The van der Waals surface area contributed by atoms with Crippen LogP contribution in [-0.2, 0) is 13.5 Å². The summed E-state index contributed by atoms with van der Waals surface area (Å²) < 4.78 is 2.29. The average Bonchev–Trinajstić information content (AvgIpc) is 2.82. The number of rotatable bonds is 6. The fourth-order valence-electron chi connectivity index (χ4n) is 2.99. The van der Waals surface area contributed by atoms with Gasteiger partial charge in [0.25, 0.3) is 0 Å². The van der Waals surface area contributed by atoms with Gasteiger partial charge in [-0.15, -0.1) is 0 Å². The number of aromatic nitrogens is 1. The average molecular weight is 324 g/mol. The summed E-state index contributed by atoms with van der Waals surface area (Å²) in [6.45, 7) is 3.28. The van der Waals surface area contributed by atoms with Crippen molar-refractivity contribution in [2.75, 3.05) is 13.6 Å². The SMILES string of the molecule is CNCCCc1ccccc1Sc1c(C)n(C)c2ccccc12. The summed E-state index contributed by atoms with van der Waals surface area (Å²) in [7, 11) is 4.17. The molecule has 2 nitrogen and oxygen atoms in total. The molecule has 120 valence electrons. The van der Waals surface area contributed by atoms with E-state index in [2.05, 4.69) is 72.4 Å². The highest BCUT2D eigenvalue weighted by Gasteiger charge is 2.14. The zero-order chi connectivity index (χ0) is 16.2. The van der Waals surface area contributed by atoms with Crippen LogP contribution in [0.5, 0.6) is 0 Å². The third-order valence-electron chi connectivity index (χ3n) is 4.40. The van der Waals surface area contributed by atoms with Gasteiger partial charge in [0.2, 0.25) is 0 Å². The van der Waals surface area contributed by atoms with Gasteiger partial charge in [0.15, 0.2) is 0 Å². The van der Waals surface area contributed by atoms with Crippen LogP contribution in [0.4, 0.5) is 0 Å². The summed E-state index contributed by atoms with van der Waals surface area (Å²) in [5.74, 6) is 0. The van der Waals surface area contributed by atoms with Crippen LogP contribution in [0, 0.1) is 6.92 Å². The van der Waals surface area contributed by atoms with Gasteiger partial charge in [0.05, 0.1) is 0 Å². The van der Waals surface area contributed by atoms with Crippen molar-refractivity contribution >= 4 is 22.7 Å². The molecule has 0 aliphatic carbocycles. The summed E-state index contributed by atoms with van der Waals surface area (Å²) in [5, 5.41) is 4.58. The van der Waals surface area contributed by atoms with E-state index in [9.17, 15) is 0 Å². The topological polar surface area (TPSA) is 17.0 Å². The number of aryl methyl sites for hydroxylation is 2. The van der Waals surface area contributed by atoms with Crippen LogP contribution in [0.15, 0.2) is 58.3 Å². The highest BCUT2D eigenvalue weighted by atomic mass is 32.2. The number of fused-ring (bicyclic) bond motifs is 1. The number of hydrogen-bond donors (Lipinski definition) is 1. The van der Waals surface area contributed by atoms with Crippen LogP contribution in [0.25, 0.3) is 10.9 Å². The summed E-state index contributed by atoms with van der Waals surface area (Å²) >= 11 is 1.91. The van der Waals surface area contributed by atoms with Gasteiger partial charge < -0.3 is 9.88 Å². The predicted molar refractivity (Wildman–Crippen MR) is 100 cm³/mol. The van der Waals surface area contributed by atoms with Crippen molar-refractivity contribution in [1.29, 1.82) is 0 Å². The molecule has 1 heterocycles. The zero-order valence-electron chi connectivity index (χ0n) is 14.1. The van der Waals surface area contributed by atoms with Gasteiger partial charge in [-0.25, -0.2) is 0 Å². The van der Waals surface area contributed by atoms with E-state index in [4.69, 9.17) is 0 Å². The minimum atomic E-state index is 1.06. The number of nitrogens with one attached hydrogen (secondary N) is 1. The number of nitrogens with zero attached hydrogens (tertiary/aromatic N) is 1. The molecule has 0 saturated heterocycles. The second kappa shape index (κ2) is 7.24. The second-order valence-electron chi connectivity index (χ2n) is 5.91. The van der Waals surface area contributed by atoms with Gasteiger partial charge >= 0.3 is 0 Å². The lowest BCUT2D eigenvalue weighted by atomic mass is 10.1. The smallest absolute Gasteiger partial charge is 0.0491 e. The first kappa shape index (κ1) is 16.2. The molecule has 0 radical (unpaired) electrons. The molecule has 0 aliphatic heterocycles. The molecule has 0 bridgehead atoms. The van der Waals surface area contributed by atoms with Crippen molar-refractivity contribution in [1.82, 2.24) is 9.88 Å². The highest BCUT2D eigenvalue weighted by molar-refractivity contribution is 7.99. The Labute approximate surface area is 142 Å². The Balaban J connectivity index is 1.95. The predicted octanol–water partition coefficient (Wildman–Crippen LogP) is 4.79. The largest absolute Gasteiger partial charge is 0.347 e. The Morgan fingerprint density at radius 1 is 1.04 bits per heavy atom. The molecule has 3 rings (SSSR count). The molecular weight excluding hydrogens is 300 g/mol. The Kier molecular flexibility index (Phi) is 5.09. The number of para-hydroxylation sites is 1. The van der Waals surface area contributed by atoms with Crippen LogP contribution in [0.2, 0.25) is 0 Å². The van der Waals surface area contributed by atoms with Gasteiger partial charge in [-0.3, -0.25) is 0 Å². The van der Waals surface area contributed by atoms with Crippen molar-refractivity contribution in [2.24, 2.45) is 7.05 Å². The lowest BCUT2D eigenvalue weighted by molar-refractivity contribution is 0.719. The molecule has 0 atom stereocenters. The Bertz CT molecular complexity index is 805. The van der Waals surface area contributed by atoms with Crippen molar-refractivity contribution in [3.8, 4) is 0 Å². The van der Waals surface area contributed by atoms with Crippen molar-refractivity contribution < 1.29 is 0 Å². The Hall–Kier alpha value is -1.71. The maximum atomic E-state index is 3.23. The van der Waals surface area contributed by atoms with Gasteiger partial charge in [0.1, 0.15) is 0 Å². The molecule has 1 N–H and O–H groups in total. The zero-order valence-corrected chi connectivity index (χ0v) is 14.9. The maximum absolute atomic E-state index is 3.23. The second-order valence-corrected chi connectivity index (χ2v) is 6.96. The molecule has 1 aromatic heterocycles. The molecule has 2 aromatic carbocycles. The molecule has 0 aliphatic rings. The fourth-order valence-corrected chi connectivity index (χ4v) is 4.23. The number of hydrogen-bond acceptors (Lipinski definition) is 2. The molecule has 0 amide bonds. The standard InChI is InChI=1S/C20H24N2S/c1-15-20(17-11-5-6-12-18(17)22(15)3)23-19-13-7-4-9-16(19)10-8-14-21-2/h4-7,9,11-13,21H,8,10,14H2,1-3H3. The van der Waals surface area contributed by atoms with Crippen LogP contribution >= 0.6 is 11.8 Å². The maximum Gasteiger partial charge on any atom is 0.0491 e. The van der Waals surface area contributed by atoms with E-state index in [1.165, 1.54) is 38.4 Å². The molecule has 3 heteroatoms. The third-order valence-corrected chi connectivity index (χ3v) is 5.74. The molecule has 0 fully saturated rings.